The molecular formula is C19H23ClN2O3S. The van der Waals surface area contributed by atoms with Crippen LogP contribution in [0.3, 0.4) is 0 Å². The highest BCUT2D eigenvalue weighted by molar-refractivity contribution is 7.98. The van der Waals surface area contributed by atoms with E-state index < -0.39 is 6.04 Å². The first kappa shape index (κ1) is 20.4. The smallest absolute Gasteiger partial charge is 0.251 e. The summed E-state index contributed by atoms with van der Waals surface area (Å²) in [6.07, 6.45) is 2.53. The molecule has 0 saturated carbocycles. The number of hydrogen-bond donors (Lipinski definition) is 1. The van der Waals surface area contributed by atoms with E-state index in [0.29, 0.717) is 29.3 Å². The molecule has 0 radical (unpaired) electrons. The molecular weight excluding hydrogens is 372 g/mol. The minimum atomic E-state index is -0.591. The van der Waals surface area contributed by atoms with Crippen LogP contribution in [0.25, 0.3) is 0 Å². The third kappa shape index (κ3) is 5.81. The number of amides is 2. The van der Waals surface area contributed by atoms with Gasteiger partial charge in [-0.2, -0.15) is 11.8 Å². The Morgan fingerprint density at radius 2 is 1.92 bits per heavy atom. The van der Waals surface area contributed by atoms with Crippen molar-refractivity contribution in [2.24, 2.45) is 0 Å². The van der Waals surface area contributed by atoms with Gasteiger partial charge in [0.1, 0.15) is 17.6 Å². The van der Waals surface area contributed by atoms with Gasteiger partial charge in [0.15, 0.2) is 0 Å². The van der Waals surface area contributed by atoms with Crippen LogP contribution < -0.4 is 5.32 Å². The lowest BCUT2D eigenvalue weighted by Crippen LogP contribution is -2.47. The maximum absolute atomic E-state index is 12.8. The number of thioether (sulfide) groups is 1. The van der Waals surface area contributed by atoms with Crippen molar-refractivity contribution in [1.29, 1.82) is 0 Å². The molecule has 1 N–H and O–H groups in total. The van der Waals surface area contributed by atoms with Crippen LogP contribution in [0.5, 0.6) is 0 Å². The van der Waals surface area contributed by atoms with E-state index in [0.717, 1.165) is 11.5 Å². The minimum absolute atomic E-state index is 0.143. The van der Waals surface area contributed by atoms with Gasteiger partial charge >= 0.3 is 0 Å². The summed E-state index contributed by atoms with van der Waals surface area (Å²) < 4.78 is 5.53. The number of rotatable bonds is 8. The number of aryl methyl sites for hydroxylation is 1. The first-order chi connectivity index (χ1) is 12.4. The van der Waals surface area contributed by atoms with Crippen molar-refractivity contribution in [3.8, 4) is 0 Å². The van der Waals surface area contributed by atoms with Gasteiger partial charge in [-0.05, 0) is 61.8 Å². The van der Waals surface area contributed by atoms with Crippen LogP contribution in [0.2, 0.25) is 5.02 Å². The van der Waals surface area contributed by atoms with Gasteiger partial charge in [-0.25, -0.2) is 0 Å². The van der Waals surface area contributed by atoms with E-state index in [4.69, 9.17) is 16.0 Å². The lowest BCUT2D eigenvalue weighted by Gasteiger charge is -2.24. The Hall–Kier alpha value is -1.92. The molecule has 1 heterocycles. The molecule has 0 aliphatic carbocycles. The zero-order chi connectivity index (χ0) is 19.1. The topological polar surface area (TPSA) is 62.6 Å². The fourth-order valence-corrected chi connectivity index (χ4v) is 3.08. The number of hydrogen-bond acceptors (Lipinski definition) is 4. The molecule has 0 aliphatic rings. The second kappa shape index (κ2) is 9.69. The summed E-state index contributed by atoms with van der Waals surface area (Å²) in [5, 5.41) is 3.40. The van der Waals surface area contributed by atoms with Gasteiger partial charge < -0.3 is 14.6 Å². The Balaban J connectivity index is 2.05. The van der Waals surface area contributed by atoms with Crippen molar-refractivity contribution in [3.05, 3.63) is 58.5 Å². The predicted octanol–water partition coefficient (Wildman–Crippen LogP) is 3.75. The highest BCUT2D eigenvalue weighted by atomic mass is 35.5. The van der Waals surface area contributed by atoms with Crippen molar-refractivity contribution in [1.82, 2.24) is 10.2 Å². The number of furan rings is 1. The normalized spacial score (nSPS) is 11.8. The molecule has 1 aromatic heterocycles. The molecule has 0 saturated heterocycles. The Morgan fingerprint density at radius 3 is 2.50 bits per heavy atom. The lowest BCUT2D eigenvalue weighted by molar-refractivity contribution is -0.132. The molecule has 0 spiro atoms. The number of nitrogens with one attached hydrogen (secondary N) is 1. The quantitative estimate of drug-likeness (QED) is 0.740. The SMILES string of the molecule is CSCCC(NC(=O)c1ccc(Cl)cc1)C(=O)N(C)Cc1ccc(C)o1. The van der Waals surface area contributed by atoms with Crippen LogP contribution in [0.15, 0.2) is 40.8 Å². The van der Waals surface area contributed by atoms with Gasteiger partial charge in [-0.1, -0.05) is 11.6 Å². The zero-order valence-electron chi connectivity index (χ0n) is 15.1. The van der Waals surface area contributed by atoms with Crippen molar-refractivity contribution >= 4 is 35.2 Å². The largest absolute Gasteiger partial charge is 0.464 e. The van der Waals surface area contributed by atoms with Gasteiger partial charge in [-0.15, -0.1) is 0 Å². The number of likely N-dealkylation sites (N-methyl/N-ethyl adjacent to an activating group) is 1. The highest BCUT2D eigenvalue weighted by Crippen LogP contribution is 2.13. The van der Waals surface area contributed by atoms with Gasteiger partial charge in [-0.3, -0.25) is 9.59 Å². The van der Waals surface area contributed by atoms with Crippen molar-refractivity contribution in [2.75, 3.05) is 19.1 Å². The van der Waals surface area contributed by atoms with Crippen LogP contribution in [-0.2, 0) is 11.3 Å². The Labute approximate surface area is 163 Å². The lowest BCUT2D eigenvalue weighted by atomic mass is 10.1. The molecule has 0 aliphatic heterocycles. The van der Waals surface area contributed by atoms with Gasteiger partial charge in [0.05, 0.1) is 6.54 Å². The van der Waals surface area contributed by atoms with Crippen molar-refractivity contribution in [3.63, 3.8) is 0 Å². The van der Waals surface area contributed by atoms with Crippen molar-refractivity contribution < 1.29 is 14.0 Å². The van der Waals surface area contributed by atoms with E-state index in [1.807, 2.05) is 25.3 Å². The monoisotopic (exact) mass is 394 g/mol. The van der Waals surface area contributed by atoms with E-state index in [2.05, 4.69) is 5.32 Å². The van der Waals surface area contributed by atoms with Gasteiger partial charge in [0.25, 0.3) is 5.91 Å². The predicted molar refractivity (Wildman–Crippen MR) is 106 cm³/mol. The van der Waals surface area contributed by atoms with Crippen LogP contribution in [0, 0.1) is 6.92 Å². The summed E-state index contributed by atoms with van der Waals surface area (Å²) >= 11 is 7.49. The molecule has 0 bridgehead atoms. The Bertz CT molecular complexity index is 745. The average Bonchev–Trinajstić information content (AvgIpc) is 3.03. The van der Waals surface area contributed by atoms with Crippen molar-refractivity contribution in [2.45, 2.75) is 25.9 Å². The summed E-state index contributed by atoms with van der Waals surface area (Å²) in [5.74, 6) is 1.85. The van der Waals surface area contributed by atoms with E-state index in [-0.39, 0.29) is 11.8 Å². The number of benzene rings is 1. The standard InChI is InChI=1S/C19H23ClN2O3S/c1-13-4-9-16(25-13)12-22(2)19(24)17(10-11-26-3)21-18(23)14-5-7-15(20)8-6-14/h4-9,17H,10-12H2,1-3H3,(H,21,23). The summed E-state index contributed by atoms with van der Waals surface area (Å²) in [4.78, 5) is 26.9. The summed E-state index contributed by atoms with van der Waals surface area (Å²) in [6, 6.07) is 9.71. The average molecular weight is 395 g/mol. The fourth-order valence-electron chi connectivity index (χ4n) is 2.48. The first-order valence-electron chi connectivity index (χ1n) is 8.26. The Morgan fingerprint density at radius 1 is 1.23 bits per heavy atom. The van der Waals surface area contributed by atoms with E-state index in [1.165, 1.54) is 0 Å². The van der Waals surface area contributed by atoms with Gasteiger partial charge in [0.2, 0.25) is 5.91 Å². The number of carbonyl (C=O) groups is 2. The minimum Gasteiger partial charge on any atom is -0.464 e. The number of nitrogens with zero attached hydrogens (tertiary/aromatic N) is 1. The number of carbonyl (C=O) groups excluding carboxylic acids is 2. The first-order valence-corrected chi connectivity index (χ1v) is 10.0. The van der Waals surface area contributed by atoms with Gasteiger partial charge in [0, 0.05) is 17.6 Å². The van der Waals surface area contributed by atoms with Crippen LogP contribution in [-0.4, -0.2) is 41.8 Å². The third-order valence-corrected chi connectivity index (χ3v) is 4.78. The molecule has 2 aromatic rings. The highest BCUT2D eigenvalue weighted by Gasteiger charge is 2.24. The molecule has 1 aromatic carbocycles. The fraction of sp³-hybridized carbons (Fsp3) is 0.368. The van der Waals surface area contributed by atoms with Crippen LogP contribution >= 0.6 is 23.4 Å². The maximum Gasteiger partial charge on any atom is 0.251 e. The molecule has 26 heavy (non-hydrogen) atoms. The third-order valence-electron chi connectivity index (χ3n) is 3.89. The summed E-state index contributed by atoms with van der Waals surface area (Å²) in [7, 11) is 1.71. The van der Waals surface area contributed by atoms with E-state index in [1.54, 1.807) is 48.0 Å². The van der Waals surface area contributed by atoms with Crippen LogP contribution in [0.4, 0.5) is 0 Å². The molecule has 2 amide bonds. The molecule has 7 heteroatoms. The number of halogens is 1. The molecule has 2 rings (SSSR count). The summed E-state index contributed by atoms with van der Waals surface area (Å²) in [5.41, 5.74) is 0.473. The maximum atomic E-state index is 12.8. The summed E-state index contributed by atoms with van der Waals surface area (Å²) in [6.45, 7) is 2.22. The second-order valence-corrected chi connectivity index (χ2v) is 7.44. The molecule has 5 nitrogen and oxygen atoms in total. The van der Waals surface area contributed by atoms with Crippen LogP contribution in [0.1, 0.15) is 28.3 Å². The molecule has 0 fully saturated rings. The molecule has 140 valence electrons. The Kier molecular flexibility index (Phi) is 7.60. The zero-order valence-corrected chi connectivity index (χ0v) is 16.7. The molecule has 1 unspecified atom stereocenters. The van der Waals surface area contributed by atoms with E-state index >= 15 is 0 Å². The second-order valence-electron chi connectivity index (χ2n) is 6.02. The van der Waals surface area contributed by atoms with E-state index in [9.17, 15) is 9.59 Å². The molecule has 1 atom stereocenters.